The maximum absolute atomic E-state index is 8.58. The van der Waals surface area contributed by atoms with Crippen LogP contribution in [-0.4, -0.2) is 25.8 Å². The van der Waals surface area contributed by atoms with Crippen molar-refractivity contribution >= 4 is 5.84 Å². The molecule has 0 aliphatic carbocycles. The predicted molar refractivity (Wildman–Crippen MR) is 73.7 cm³/mol. The van der Waals surface area contributed by atoms with Crippen molar-refractivity contribution in [3.05, 3.63) is 42.0 Å². The van der Waals surface area contributed by atoms with E-state index in [0.29, 0.717) is 17.9 Å². The number of ether oxygens (including phenoxy) is 1. The van der Waals surface area contributed by atoms with E-state index in [4.69, 9.17) is 15.7 Å². The molecule has 3 N–H and O–H groups in total. The van der Waals surface area contributed by atoms with Crippen LogP contribution < -0.4 is 10.5 Å². The van der Waals surface area contributed by atoms with Gasteiger partial charge in [-0.3, -0.25) is 0 Å². The number of nitrogens with zero attached hydrogens (tertiary/aromatic N) is 4. The van der Waals surface area contributed by atoms with E-state index in [0.717, 1.165) is 5.82 Å². The zero-order valence-electron chi connectivity index (χ0n) is 11.4. The van der Waals surface area contributed by atoms with E-state index < -0.39 is 0 Å². The number of aromatic nitrogens is 3. The zero-order valence-corrected chi connectivity index (χ0v) is 11.4. The van der Waals surface area contributed by atoms with Crippen LogP contribution in [0.3, 0.4) is 0 Å². The second-order valence-electron chi connectivity index (χ2n) is 4.51. The Labute approximate surface area is 116 Å². The molecule has 0 aliphatic heterocycles. The summed E-state index contributed by atoms with van der Waals surface area (Å²) in [6, 6.07) is 7.18. The number of hydrogen-bond acceptors (Lipinski definition) is 5. The van der Waals surface area contributed by atoms with Gasteiger partial charge in [-0.1, -0.05) is 5.16 Å². The van der Waals surface area contributed by atoms with Crippen molar-refractivity contribution in [1.82, 2.24) is 14.8 Å². The average molecular weight is 275 g/mol. The third-order valence-electron chi connectivity index (χ3n) is 2.76. The molecule has 0 saturated carbocycles. The minimum Gasteiger partial charge on any atom is -0.486 e. The first-order chi connectivity index (χ1) is 9.61. The number of benzene rings is 1. The molecule has 0 bridgehead atoms. The van der Waals surface area contributed by atoms with Gasteiger partial charge < -0.3 is 15.7 Å². The van der Waals surface area contributed by atoms with Gasteiger partial charge in [0.1, 0.15) is 18.7 Å². The number of rotatable bonds is 5. The highest BCUT2D eigenvalue weighted by atomic mass is 16.5. The predicted octanol–water partition coefficient (Wildman–Crippen LogP) is 1.53. The van der Waals surface area contributed by atoms with Gasteiger partial charge in [-0.15, -0.1) is 0 Å². The van der Waals surface area contributed by atoms with Crippen molar-refractivity contribution in [2.75, 3.05) is 0 Å². The Balaban J connectivity index is 2.02. The SMILES string of the molecule is CC(C)n1ncnc1COc1ccc(C(N)=NO)cc1. The Hall–Kier alpha value is -2.57. The Kier molecular flexibility index (Phi) is 4.19. The van der Waals surface area contributed by atoms with Crippen molar-refractivity contribution in [1.29, 1.82) is 0 Å². The third-order valence-corrected chi connectivity index (χ3v) is 2.76. The topological polar surface area (TPSA) is 98.5 Å². The lowest BCUT2D eigenvalue weighted by Gasteiger charge is -2.10. The highest BCUT2D eigenvalue weighted by Gasteiger charge is 2.08. The molecule has 0 spiro atoms. The van der Waals surface area contributed by atoms with E-state index in [2.05, 4.69) is 15.2 Å². The summed E-state index contributed by atoms with van der Waals surface area (Å²) >= 11 is 0. The molecule has 2 rings (SSSR count). The van der Waals surface area contributed by atoms with Gasteiger partial charge in [0.25, 0.3) is 0 Å². The Morgan fingerprint density at radius 3 is 2.70 bits per heavy atom. The van der Waals surface area contributed by atoms with Crippen LogP contribution in [0, 0.1) is 0 Å². The molecule has 7 heteroatoms. The van der Waals surface area contributed by atoms with E-state index in [1.165, 1.54) is 6.33 Å². The molecular formula is C13H17N5O2. The first-order valence-electron chi connectivity index (χ1n) is 6.21. The van der Waals surface area contributed by atoms with E-state index in [9.17, 15) is 0 Å². The summed E-state index contributed by atoms with van der Waals surface area (Å²) in [5, 5.41) is 15.7. The second kappa shape index (κ2) is 6.05. The van der Waals surface area contributed by atoms with Gasteiger partial charge in [-0.25, -0.2) is 9.67 Å². The molecule has 20 heavy (non-hydrogen) atoms. The Morgan fingerprint density at radius 1 is 1.40 bits per heavy atom. The molecular weight excluding hydrogens is 258 g/mol. The summed E-state index contributed by atoms with van der Waals surface area (Å²) in [6.45, 7) is 4.40. The molecule has 0 fully saturated rings. The molecule has 7 nitrogen and oxygen atoms in total. The van der Waals surface area contributed by atoms with E-state index in [1.54, 1.807) is 24.3 Å². The van der Waals surface area contributed by atoms with Crippen LogP contribution in [0.5, 0.6) is 5.75 Å². The maximum atomic E-state index is 8.58. The molecule has 0 aliphatic rings. The summed E-state index contributed by atoms with van der Waals surface area (Å²) in [4.78, 5) is 4.17. The average Bonchev–Trinajstić information content (AvgIpc) is 2.93. The van der Waals surface area contributed by atoms with Crippen molar-refractivity contribution < 1.29 is 9.94 Å². The van der Waals surface area contributed by atoms with Crippen LogP contribution in [0.15, 0.2) is 35.7 Å². The van der Waals surface area contributed by atoms with E-state index in [-0.39, 0.29) is 11.9 Å². The van der Waals surface area contributed by atoms with Crippen molar-refractivity contribution in [3.63, 3.8) is 0 Å². The highest BCUT2D eigenvalue weighted by molar-refractivity contribution is 5.97. The van der Waals surface area contributed by atoms with Crippen molar-refractivity contribution in [2.24, 2.45) is 10.9 Å². The van der Waals surface area contributed by atoms with Gasteiger partial charge in [-0.2, -0.15) is 5.10 Å². The Bertz CT molecular complexity index is 589. The van der Waals surface area contributed by atoms with Gasteiger partial charge >= 0.3 is 0 Å². The number of oxime groups is 1. The molecule has 106 valence electrons. The molecule has 0 atom stereocenters. The van der Waals surface area contributed by atoms with E-state index >= 15 is 0 Å². The largest absolute Gasteiger partial charge is 0.486 e. The maximum Gasteiger partial charge on any atom is 0.170 e. The van der Waals surface area contributed by atoms with Crippen LogP contribution in [0.25, 0.3) is 0 Å². The smallest absolute Gasteiger partial charge is 0.170 e. The standard InChI is InChI=1S/C13H17N5O2/c1-9(2)18-12(15-8-16-18)7-20-11-5-3-10(4-6-11)13(14)17-19/h3-6,8-9,19H,7H2,1-2H3,(H2,14,17). The van der Waals surface area contributed by atoms with Crippen LogP contribution >= 0.6 is 0 Å². The van der Waals surface area contributed by atoms with Gasteiger partial charge in [0.2, 0.25) is 0 Å². The fourth-order valence-electron chi connectivity index (χ4n) is 1.74. The van der Waals surface area contributed by atoms with Gasteiger partial charge in [0.15, 0.2) is 11.7 Å². The number of hydrogen-bond donors (Lipinski definition) is 2. The minimum atomic E-state index is 0.0658. The summed E-state index contributed by atoms with van der Waals surface area (Å²) in [6.07, 6.45) is 1.51. The molecule has 0 unspecified atom stereocenters. The van der Waals surface area contributed by atoms with E-state index in [1.807, 2.05) is 18.5 Å². The normalized spacial score (nSPS) is 11.8. The highest BCUT2D eigenvalue weighted by Crippen LogP contribution is 2.14. The van der Waals surface area contributed by atoms with Crippen molar-refractivity contribution in [3.8, 4) is 5.75 Å². The van der Waals surface area contributed by atoms with Gasteiger partial charge in [0.05, 0.1) is 0 Å². The molecule has 0 saturated heterocycles. The fourth-order valence-corrected chi connectivity index (χ4v) is 1.74. The number of amidine groups is 1. The molecule has 0 amide bonds. The van der Waals surface area contributed by atoms with Crippen LogP contribution in [-0.2, 0) is 6.61 Å². The summed E-state index contributed by atoms with van der Waals surface area (Å²) in [5.41, 5.74) is 6.12. The minimum absolute atomic E-state index is 0.0658. The third kappa shape index (κ3) is 3.05. The summed E-state index contributed by atoms with van der Waals surface area (Å²) < 4.78 is 7.45. The lowest BCUT2D eigenvalue weighted by Crippen LogP contribution is -2.13. The van der Waals surface area contributed by atoms with Crippen LogP contribution in [0.4, 0.5) is 0 Å². The molecule has 0 radical (unpaired) electrons. The zero-order chi connectivity index (χ0) is 14.5. The Morgan fingerprint density at radius 2 is 2.10 bits per heavy atom. The second-order valence-corrected chi connectivity index (χ2v) is 4.51. The monoisotopic (exact) mass is 275 g/mol. The molecule has 1 aromatic heterocycles. The lowest BCUT2D eigenvalue weighted by atomic mass is 10.2. The fraction of sp³-hybridized carbons (Fsp3) is 0.308. The molecule has 1 heterocycles. The molecule has 1 aromatic carbocycles. The molecule has 2 aromatic rings. The summed E-state index contributed by atoms with van der Waals surface area (Å²) in [5.74, 6) is 1.51. The lowest BCUT2D eigenvalue weighted by molar-refractivity contribution is 0.282. The van der Waals surface area contributed by atoms with Gasteiger partial charge in [-0.05, 0) is 38.1 Å². The number of nitrogens with two attached hydrogens (primary N) is 1. The van der Waals surface area contributed by atoms with Gasteiger partial charge in [0, 0.05) is 11.6 Å². The van der Waals surface area contributed by atoms with Crippen molar-refractivity contribution in [2.45, 2.75) is 26.5 Å². The van der Waals surface area contributed by atoms with Crippen LogP contribution in [0.1, 0.15) is 31.3 Å². The van der Waals surface area contributed by atoms with Crippen LogP contribution in [0.2, 0.25) is 0 Å². The quantitative estimate of drug-likeness (QED) is 0.373. The first-order valence-corrected chi connectivity index (χ1v) is 6.21. The first kappa shape index (κ1) is 13.9. The summed E-state index contributed by atoms with van der Waals surface area (Å²) in [7, 11) is 0.